The van der Waals surface area contributed by atoms with Crippen molar-refractivity contribution >= 4 is 35.5 Å². The van der Waals surface area contributed by atoms with Gasteiger partial charge in [-0.1, -0.05) is 37.6 Å². The molecule has 0 bridgehead atoms. The zero-order valence-electron chi connectivity index (χ0n) is 16.6. The Bertz CT molecular complexity index is 929. The number of amides is 3. The van der Waals surface area contributed by atoms with Crippen LogP contribution in [-0.4, -0.2) is 36.6 Å². The van der Waals surface area contributed by atoms with Crippen LogP contribution in [0.3, 0.4) is 0 Å². The minimum Gasteiger partial charge on any atom is -0.483 e. The first-order valence-corrected chi connectivity index (χ1v) is 9.55. The first kappa shape index (κ1) is 22.9. The summed E-state index contributed by atoms with van der Waals surface area (Å²) < 4.78 is 5.31. The smallest absolute Gasteiger partial charge is 0.262 e. The molecule has 2 aromatic carbocycles. The molecule has 0 radical (unpaired) electrons. The second kappa shape index (κ2) is 11.0. The molecule has 2 rings (SSSR count). The van der Waals surface area contributed by atoms with Gasteiger partial charge in [-0.05, 0) is 42.3 Å². The summed E-state index contributed by atoms with van der Waals surface area (Å²) in [6, 6.07) is 12.4. The monoisotopic (exact) mass is 430 g/mol. The van der Waals surface area contributed by atoms with Crippen molar-refractivity contribution in [3.63, 3.8) is 0 Å². The average Bonchev–Trinajstić information content (AvgIpc) is 2.71. The van der Waals surface area contributed by atoms with Gasteiger partial charge < -0.3 is 15.8 Å². The van der Waals surface area contributed by atoms with Crippen molar-refractivity contribution in [2.45, 2.75) is 19.9 Å². The highest BCUT2D eigenvalue weighted by molar-refractivity contribution is 6.30. The quantitative estimate of drug-likeness (QED) is 0.416. The lowest BCUT2D eigenvalue weighted by Gasteiger charge is -2.20. The predicted octanol–water partition coefficient (Wildman–Crippen LogP) is 2.11. The molecule has 0 aliphatic heterocycles. The van der Waals surface area contributed by atoms with Gasteiger partial charge in [0.05, 0.1) is 6.21 Å². The molecule has 4 N–H and O–H groups in total. The molecule has 0 saturated heterocycles. The Kier molecular flexibility index (Phi) is 8.37. The number of nitrogens with two attached hydrogens (primary N) is 1. The third-order valence-electron chi connectivity index (χ3n) is 4.01. The second-order valence-corrected chi connectivity index (χ2v) is 7.17. The Morgan fingerprint density at radius 3 is 2.43 bits per heavy atom. The van der Waals surface area contributed by atoms with E-state index in [1.54, 1.807) is 48.5 Å². The zero-order valence-corrected chi connectivity index (χ0v) is 17.3. The zero-order chi connectivity index (χ0) is 22.1. The van der Waals surface area contributed by atoms with Crippen molar-refractivity contribution in [3.05, 3.63) is 64.7 Å². The number of primary amides is 1. The van der Waals surface area contributed by atoms with Gasteiger partial charge in [0.1, 0.15) is 11.8 Å². The van der Waals surface area contributed by atoms with E-state index < -0.39 is 23.8 Å². The number of nitrogens with one attached hydrogen (secondary N) is 2. The molecular formula is C21H23ClN4O4. The third-order valence-corrected chi connectivity index (χ3v) is 4.26. The van der Waals surface area contributed by atoms with Crippen LogP contribution < -0.4 is 21.2 Å². The van der Waals surface area contributed by atoms with E-state index in [0.717, 1.165) is 0 Å². The maximum atomic E-state index is 12.5. The number of benzene rings is 2. The number of ether oxygens (including phenoxy) is 1. The largest absolute Gasteiger partial charge is 0.483 e. The lowest BCUT2D eigenvalue weighted by Crippen LogP contribution is -2.48. The molecule has 8 nitrogen and oxygen atoms in total. The Morgan fingerprint density at radius 2 is 1.80 bits per heavy atom. The molecule has 0 spiro atoms. The van der Waals surface area contributed by atoms with Crippen LogP contribution in [0, 0.1) is 5.92 Å². The summed E-state index contributed by atoms with van der Waals surface area (Å²) in [4.78, 5) is 35.9. The lowest BCUT2D eigenvalue weighted by atomic mass is 10.0. The van der Waals surface area contributed by atoms with Crippen LogP contribution in [0.15, 0.2) is 53.6 Å². The van der Waals surface area contributed by atoms with Crippen molar-refractivity contribution in [1.29, 1.82) is 0 Å². The molecule has 1 atom stereocenters. The molecule has 30 heavy (non-hydrogen) atoms. The third kappa shape index (κ3) is 6.89. The van der Waals surface area contributed by atoms with Gasteiger partial charge in [-0.25, -0.2) is 5.43 Å². The van der Waals surface area contributed by atoms with Crippen molar-refractivity contribution in [3.8, 4) is 5.75 Å². The molecule has 0 aliphatic rings. The summed E-state index contributed by atoms with van der Waals surface area (Å²) in [6.45, 7) is 3.34. The molecule has 0 aromatic heterocycles. The maximum Gasteiger partial charge on any atom is 0.262 e. The molecule has 0 saturated carbocycles. The number of rotatable bonds is 9. The Balaban J connectivity index is 2.02. The highest BCUT2D eigenvalue weighted by atomic mass is 35.5. The molecule has 0 fully saturated rings. The van der Waals surface area contributed by atoms with E-state index in [2.05, 4.69) is 15.8 Å². The number of carbonyl (C=O) groups excluding carboxylic acids is 3. The number of para-hydroxylation sites is 1. The molecule has 158 valence electrons. The molecular weight excluding hydrogens is 408 g/mol. The maximum absolute atomic E-state index is 12.5. The number of nitrogens with zero attached hydrogens (tertiary/aromatic N) is 1. The predicted molar refractivity (Wildman–Crippen MR) is 114 cm³/mol. The summed E-state index contributed by atoms with van der Waals surface area (Å²) >= 11 is 5.83. The van der Waals surface area contributed by atoms with Crippen LogP contribution in [0.2, 0.25) is 5.02 Å². The second-order valence-electron chi connectivity index (χ2n) is 6.73. The summed E-state index contributed by atoms with van der Waals surface area (Å²) in [7, 11) is 0. The van der Waals surface area contributed by atoms with E-state index in [1.807, 2.05) is 13.8 Å². The minimum atomic E-state index is -0.799. The average molecular weight is 431 g/mol. The fourth-order valence-corrected chi connectivity index (χ4v) is 2.59. The van der Waals surface area contributed by atoms with E-state index >= 15 is 0 Å². The summed E-state index contributed by atoms with van der Waals surface area (Å²) in [6.07, 6.45) is 1.38. The first-order valence-electron chi connectivity index (χ1n) is 9.17. The fraction of sp³-hybridized carbons (Fsp3) is 0.238. The molecule has 0 aliphatic carbocycles. The van der Waals surface area contributed by atoms with Crippen molar-refractivity contribution in [1.82, 2.24) is 10.7 Å². The Hall–Kier alpha value is -3.39. The van der Waals surface area contributed by atoms with Crippen molar-refractivity contribution in [2.24, 2.45) is 16.8 Å². The summed E-state index contributed by atoms with van der Waals surface area (Å²) in [5.74, 6) is -1.26. The topological polar surface area (TPSA) is 123 Å². The van der Waals surface area contributed by atoms with Crippen LogP contribution in [0.25, 0.3) is 0 Å². The number of hydrogen-bond acceptors (Lipinski definition) is 5. The number of hydrogen-bond donors (Lipinski definition) is 3. The van der Waals surface area contributed by atoms with E-state index in [0.29, 0.717) is 21.9 Å². The van der Waals surface area contributed by atoms with Crippen molar-refractivity contribution < 1.29 is 19.1 Å². The number of carbonyl (C=O) groups is 3. The molecule has 1 unspecified atom stereocenters. The highest BCUT2D eigenvalue weighted by Crippen LogP contribution is 2.15. The van der Waals surface area contributed by atoms with Crippen molar-refractivity contribution in [2.75, 3.05) is 6.61 Å². The van der Waals surface area contributed by atoms with E-state index in [9.17, 15) is 14.4 Å². The van der Waals surface area contributed by atoms with Gasteiger partial charge >= 0.3 is 0 Å². The van der Waals surface area contributed by atoms with Crippen LogP contribution in [-0.2, 0) is 9.59 Å². The fourth-order valence-electron chi connectivity index (χ4n) is 2.46. The normalized spacial score (nSPS) is 11.9. The van der Waals surface area contributed by atoms with Gasteiger partial charge in [-0.15, -0.1) is 0 Å². The van der Waals surface area contributed by atoms with Crippen LogP contribution in [0.5, 0.6) is 5.75 Å². The number of halogens is 1. The van der Waals surface area contributed by atoms with Gasteiger partial charge in [0.15, 0.2) is 6.61 Å². The van der Waals surface area contributed by atoms with E-state index in [-0.39, 0.29) is 12.5 Å². The lowest BCUT2D eigenvalue weighted by molar-refractivity contribution is -0.124. The van der Waals surface area contributed by atoms with E-state index in [4.69, 9.17) is 22.1 Å². The molecule has 9 heteroatoms. The number of hydrazone groups is 1. The summed E-state index contributed by atoms with van der Waals surface area (Å²) in [5.41, 5.74) is 8.44. The van der Waals surface area contributed by atoms with Crippen LogP contribution in [0.1, 0.15) is 29.8 Å². The SMILES string of the molecule is CC(C)C(NC(=O)c1ccc(Cl)cc1)C(=O)N/N=C\c1ccccc1OCC(N)=O. The van der Waals surface area contributed by atoms with Crippen LogP contribution >= 0.6 is 11.6 Å². The Labute approximate surface area is 179 Å². The van der Waals surface area contributed by atoms with Gasteiger partial charge in [0, 0.05) is 16.1 Å². The first-order chi connectivity index (χ1) is 14.3. The van der Waals surface area contributed by atoms with Crippen LogP contribution in [0.4, 0.5) is 0 Å². The molecule has 2 aromatic rings. The van der Waals surface area contributed by atoms with Gasteiger partial charge in [0.25, 0.3) is 17.7 Å². The van der Waals surface area contributed by atoms with Gasteiger partial charge in [-0.2, -0.15) is 5.10 Å². The minimum absolute atomic E-state index is 0.178. The molecule has 3 amide bonds. The van der Waals surface area contributed by atoms with Gasteiger partial charge in [-0.3, -0.25) is 14.4 Å². The van der Waals surface area contributed by atoms with Gasteiger partial charge in [0.2, 0.25) is 0 Å². The standard InChI is InChI=1S/C21H23ClN4O4/c1-13(2)19(25-20(28)14-7-9-16(22)10-8-14)21(29)26-24-11-15-5-3-4-6-17(15)30-12-18(23)27/h3-11,13,19H,12H2,1-2H3,(H2,23,27)(H,25,28)(H,26,29)/b24-11-. The molecule has 0 heterocycles. The van der Waals surface area contributed by atoms with E-state index in [1.165, 1.54) is 6.21 Å². The Morgan fingerprint density at radius 1 is 1.13 bits per heavy atom. The highest BCUT2D eigenvalue weighted by Gasteiger charge is 2.24. The summed E-state index contributed by atoms with van der Waals surface area (Å²) in [5, 5.41) is 7.15.